The summed E-state index contributed by atoms with van der Waals surface area (Å²) in [7, 11) is 0. The van der Waals surface area contributed by atoms with Crippen molar-refractivity contribution in [1.82, 2.24) is 0 Å². The summed E-state index contributed by atoms with van der Waals surface area (Å²) < 4.78 is 16.3. The molecule has 144 valence electrons. The van der Waals surface area contributed by atoms with E-state index in [9.17, 15) is 9.59 Å². The van der Waals surface area contributed by atoms with E-state index >= 15 is 0 Å². The van der Waals surface area contributed by atoms with Gasteiger partial charge in [-0.3, -0.25) is 9.59 Å². The number of ether oxygens (including phenoxy) is 3. The highest BCUT2D eigenvalue weighted by Crippen LogP contribution is 2.43. The first kappa shape index (κ1) is 18.3. The van der Waals surface area contributed by atoms with Gasteiger partial charge in [-0.1, -0.05) is 24.3 Å². The van der Waals surface area contributed by atoms with Crippen molar-refractivity contribution in [2.24, 2.45) is 17.8 Å². The van der Waals surface area contributed by atoms with Crippen LogP contribution in [0.4, 0.5) is 0 Å². The van der Waals surface area contributed by atoms with Crippen molar-refractivity contribution >= 4 is 11.9 Å². The third kappa shape index (κ3) is 4.25. The Morgan fingerprint density at radius 2 is 1.54 bits per heavy atom. The summed E-state index contributed by atoms with van der Waals surface area (Å²) in [6, 6.07) is 14.3. The van der Waals surface area contributed by atoms with Gasteiger partial charge in [-0.15, -0.1) is 0 Å². The van der Waals surface area contributed by atoms with E-state index in [1.54, 1.807) is 24.3 Å². The molecule has 1 fully saturated rings. The zero-order valence-electron chi connectivity index (χ0n) is 15.7. The van der Waals surface area contributed by atoms with E-state index in [-0.39, 0.29) is 24.5 Å². The van der Waals surface area contributed by atoms with E-state index < -0.39 is 0 Å². The smallest absolute Gasteiger partial charge is 0.309 e. The van der Waals surface area contributed by atoms with Crippen LogP contribution in [0.1, 0.15) is 25.3 Å². The van der Waals surface area contributed by atoms with Crippen LogP contribution in [0, 0.1) is 17.8 Å². The van der Waals surface area contributed by atoms with Crippen LogP contribution in [0.3, 0.4) is 0 Å². The molecule has 5 heteroatoms. The van der Waals surface area contributed by atoms with Gasteiger partial charge in [-0.25, -0.2) is 0 Å². The predicted octanol–water partition coefficient (Wildman–Crippen LogP) is 4.66. The lowest BCUT2D eigenvalue weighted by Crippen LogP contribution is -2.21. The van der Waals surface area contributed by atoms with Gasteiger partial charge in [0.15, 0.2) is 0 Å². The molecule has 2 bridgehead atoms. The molecule has 28 heavy (non-hydrogen) atoms. The first-order valence-corrected chi connectivity index (χ1v) is 9.47. The molecule has 3 unspecified atom stereocenters. The van der Waals surface area contributed by atoms with Crippen LogP contribution >= 0.6 is 0 Å². The zero-order chi connectivity index (χ0) is 19.5. The average molecular weight is 378 g/mol. The van der Waals surface area contributed by atoms with Crippen molar-refractivity contribution in [2.75, 3.05) is 0 Å². The van der Waals surface area contributed by atoms with Gasteiger partial charge in [-0.2, -0.15) is 0 Å². The van der Waals surface area contributed by atoms with Crippen molar-refractivity contribution in [3.8, 4) is 17.2 Å². The summed E-state index contributed by atoms with van der Waals surface area (Å²) in [4.78, 5) is 23.2. The summed E-state index contributed by atoms with van der Waals surface area (Å²) >= 11 is 0. The largest absolute Gasteiger partial charge is 0.461 e. The van der Waals surface area contributed by atoms with Crippen molar-refractivity contribution in [2.45, 2.75) is 26.4 Å². The van der Waals surface area contributed by atoms with Crippen molar-refractivity contribution < 1.29 is 23.8 Å². The highest BCUT2D eigenvalue weighted by atomic mass is 16.5. The van der Waals surface area contributed by atoms with Crippen LogP contribution in [0.5, 0.6) is 17.2 Å². The average Bonchev–Trinajstić information content (AvgIpc) is 3.32. The third-order valence-corrected chi connectivity index (χ3v) is 5.21. The summed E-state index contributed by atoms with van der Waals surface area (Å²) in [5, 5.41) is 0. The van der Waals surface area contributed by atoms with Gasteiger partial charge in [-0.05, 0) is 66.6 Å². The molecule has 5 nitrogen and oxygen atoms in total. The molecule has 2 aliphatic carbocycles. The van der Waals surface area contributed by atoms with Gasteiger partial charge >= 0.3 is 11.9 Å². The number of carbonyl (C=O) groups excluding carboxylic acids is 2. The van der Waals surface area contributed by atoms with Gasteiger partial charge in [0, 0.05) is 6.92 Å². The molecule has 1 saturated carbocycles. The maximum Gasteiger partial charge on any atom is 0.309 e. The highest BCUT2D eigenvalue weighted by molar-refractivity contribution is 5.74. The molecule has 0 spiro atoms. The molecular weight excluding hydrogens is 356 g/mol. The summed E-state index contributed by atoms with van der Waals surface area (Å²) in [6.07, 6.45) is 6.39. The molecule has 0 saturated heterocycles. The third-order valence-electron chi connectivity index (χ3n) is 5.21. The first-order valence-electron chi connectivity index (χ1n) is 9.47. The molecule has 0 N–H and O–H groups in total. The molecule has 0 radical (unpaired) electrons. The Balaban J connectivity index is 1.28. The molecule has 0 heterocycles. The Kier molecular flexibility index (Phi) is 5.15. The molecule has 2 aliphatic rings. The number of esters is 2. The SMILES string of the molecule is CC(=O)Oc1ccc(Oc2ccc(COC(=O)C3CC4C=CC3C4)cc2)cc1. The standard InChI is InChI=1S/C23H22O5/c1-15(24)27-19-8-10-21(11-9-19)28-20-6-3-16(4-7-20)14-26-23(25)22-13-17-2-5-18(22)12-17/h2-11,17-18,22H,12-14H2,1H3. The Bertz CT molecular complexity index is 882. The Hall–Kier alpha value is -3.08. The molecule has 3 atom stereocenters. The molecular formula is C23H22O5. The van der Waals surface area contributed by atoms with E-state index in [2.05, 4.69) is 12.2 Å². The summed E-state index contributed by atoms with van der Waals surface area (Å²) in [6.45, 7) is 1.63. The van der Waals surface area contributed by atoms with Crippen LogP contribution in [-0.2, 0) is 20.9 Å². The lowest BCUT2D eigenvalue weighted by molar-refractivity contribution is -0.150. The van der Waals surface area contributed by atoms with Gasteiger partial charge in [0.25, 0.3) is 0 Å². The minimum Gasteiger partial charge on any atom is -0.461 e. The summed E-state index contributed by atoms with van der Waals surface area (Å²) in [5.74, 6) is 2.28. The number of carbonyl (C=O) groups is 2. The van der Waals surface area contributed by atoms with Crippen LogP contribution in [0.2, 0.25) is 0 Å². The van der Waals surface area contributed by atoms with E-state index in [0.717, 1.165) is 18.4 Å². The number of rotatable bonds is 6. The normalized spacial score (nSPS) is 22.1. The van der Waals surface area contributed by atoms with Crippen LogP contribution < -0.4 is 9.47 Å². The first-order chi connectivity index (χ1) is 13.6. The molecule has 2 aromatic carbocycles. The minimum atomic E-state index is -0.359. The Morgan fingerprint density at radius 3 is 2.11 bits per heavy atom. The lowest BCUT2D eigenvalue weighted by atomic mass is 9.94. The highest BCUT2D eigenvalue weighted by Gasteiger charge is 2.40. The Labute approximate surface area is 163 Å². The second kappa shape index (κ2) is 7.89. The maximum atomic E-state index is 12.3. The summed E-state index contributed by atoms with van der Waals surface area (Å²) in [5.41, 5.74) is 0.921. The van der Waals surface area contributed by atoms with Crippen LogP contribution in [0.15, 0.2) is 60.7 Å². The second-order valence-corrected chi connectivity index (χ2v) is 7.31. The lowest BCUT2D eigenvalue weighted by Gasteiger charge is -2.16. The van der Waals surface area contributed by atoms with Gasteiger partial charge in [0.05, 0.1) is 5.92 Å². The Morgan fingerprint density at radius 1 is 0.893 bits per heavy atom. The fourth-order valence-corrected chi connectivity index (χ4v) is 3.84. The van der Waals surface area contributed by atoms with Crippen LogP contribution in [0.25, 0.3) is 0 Å². The molecule has 0 aromatic heterocycles. The molecule has 0 aliphatic heterocycles. The van der Waals surface area contributed by atoms with Crippen molar-refractivity contribution in [1.29, 1.82) is 0 Å². The minimum absolute atomic E-state index is 0.0209. The van der Waals surface area contributed by atoms with Gasteiger partial charge < -0.3 is 14.2 Å². The van der Waals surface area contributed by atoms with Crippen molar-refractivity contribution in [3.63, 3.8) is 0 Å². The molecule has 0 amide bonds. The monoisotopic (exact) mass is 378 g/mol. The zero-order valence-corrected chi connectivity index (χ0v) is 15.7. The fourth-order valence-electron chi connectivity index (χ4n) is 3.84. The number of hydrogen-bond acceptors (Lipinski definition) is 5. The quantitative estimate of drug-likeness (QED) is 0.416. The van der Waals surface area contributed by atoms with Gasteiger partial charge in [0.1, 0.15) is 23.9 Å². The molecule has 2 aromatic rings. The fraction of sp³-hybridized carbons (Fsp3) is 0.304. The number of fused-ring (bicyclic) bond motifs is 2. The number of allylic oxidation sites excluding steroid dienone is 2. The van der Waals surface area contributed by atoms with E-state index in [4.69, 9.17) is 14.2 Å². The van der Waals surface area contributed by atoms with Crippen molar-refractivity contribution in [3.05, 3.63) is 66.2 Å². The molecule has 4 rings (SSSR count). The van der Waals surface area contributed by atoms with Gasteiger partial charge in [0.2, 0.25) is 0 Å². The van der Waals surface area contributed by atoms with Crippen LogP contribution in [-0.4, -0.2) is 11.9 Å². The van der Waals surface area contributed by atoms with E-state index in [1.807, 2.05) is 24.3 Å². The second-order valence-electron chi connectivity index (χ2n) is 7.31. The number of benzene rings is 2. The topological polar surface area (TPSA) is 61.8 Å². The maximum absolute atomic E-state index is 12.3. The number of hydrogen-bond donors (Lipinski definition) is 0. The predicted molar refractivity (Wildman–Crippen MR) is 103 cm³/mol. The van der Waals surface area contributed by atoms with E-state index in [0.29, 0.717) is 29.1 Å². The van der Waals surface area contributed by atoms with E-state index in [1.165, 1.54) is 6.92 Å².